The van der Waals surface area contributed by atoms with Crippen LogP contribution in [0, 0.1) is 0 Å². The molecule has 0 nitrogen and oxygen atoms in total. The van der Waals surface area contributed by atoms with E-state index in [0.29, 0.717) is 0 Å². The largest absolute Gasteiger partial charge is 0.0622 e. The number of hydrogen-bond acceptors (Lipinski definition) is 0. The highest BCUT2D eigenvalue weighted by Gasteiger charge is 2.17. The highest BCUT2D eigenvalue weighted by molar-refractivity contribution is 6.04. The summed E-state index contributed by atoms with van der Waals surface area (Å²) in [6.07, 6.45) is 0. The fraction of sp³-hybridized carbons (Fsp3) is 0. The van der Waals surface area contributed by atoms with Crippen LogP contribution in [-0.4, -0.2) is 0 Å². The first kappa shape index (κ1) is 30.8. The summed E-state index contributed by atoms with van der Waals surface area (Å²) in [4.78, 5) is 0. The Kier molecular flexibility index (Phi) is 8.82. The Labute approximate surface area is 295 Å². The topological polar surface area (TPSA) is 0 Å². The fourth-order valence-corrected chi connectivity index (χ4v) is 6.75. The first-order valence-corrected chi connectivity index (χ1v) is 17.2. The van der Waals surface area contributed by atoms with E-state index in [-0.39, 0.29) is 0 Å². The van der Waals surface area contributed by atoms with Gasteiger partial charge in [0, 0.05) is 0 Å². The van der Waals surface area contributed by atoms with Gasteiger partial charge in [-0.1, -0.05) is 218 Å². The van der Waals surface area contributed by atoms with E-state index < -0.39 is 0 Å². The molecule has 8 rings (SSSR count). The van der Waals surface area contributed by atoms with Crippen LogP contribution in [0.25, 0.3) is 55.7 Å². The first-order valence-electron chi connectivity index (χ1n) is 17.2. The van der Waals surface area contributed by atoms with Crippen LogP contribution in [0.15, 0.2) is 218 Å². The maximum Gasteiger partial charge on any atom is -0.00268 e. The minimum absolute atomic E-state index is 1.18. The molecule has 0 unspecified atom stereocenters. The summed E-state index contributed by atoms with van der Waals surface area (Å²) in [5.41, 5.74) is 16.9. The highest BCUT2D eigenvalue weighted by Crippen LogP contribution is 2.38. The highest BCUT2D eigenvalue weighted by atomic mass is 14.2. The Hall–Kier alpha value is -6.50. The molecule has 0 heteroatoms. The van der Waals surface area contributed by atoms with Gasteiger partial charge in [-0.05, 0) is 77.9 Å². The lowest BCUT2D eigenvalue weighted by atomic mass is 9.85. The molecular formula is C50H36. The Morgan fingerprint density at radius 1 is 0.160 bits per heavy atom. The second-order valence-electron chi connectivity index (χ2n) is 12.5. The Balaban J connectivity index is 1.18. The van der Waals surface area contributed by atoms with Gasteiger partial charge in [-0.2, -0.15) is 0 Å². The molecule has 0 saturated heterocycles. The van der Waals surface area contributed by atoms with Gasteiger partial charge in [0.2, 0.25) is 0 Å². The molecule has 0 N–H and O–H groups in total. The maximum atomic E-state index is 2.27. The van der Waals surface area contributed by atoms with E-state index in [1.165, 1.54) is 77.9 Å². The predicted octanol–water partition coefficient (Wildman–Crippen LogP) is 13.4. The molecule has 0 amide bonds. The monoisotopic (exact) mass is 636 g/mol. The Morgan fingerprint density at radius 3 is 0.600 bits per heavy atom. The second kappa shape index (κ2) is 14.3. The molecule has 0 aliphatic rings. The average molecular weight is 637 g/mol. The van der Waals surface area contributed by atoms with E-state index in [0.717, 1.165) is 0 Å². The van der Waals surface area contributed by atoms with E-state index in [1.807, 2.05) is 0 Å². The molecule has 0 bridgehead atoms. The number of benzene rings is 8. The molecule has 0 spiro atoms. The van der Waals surface area contributed by atoms with E-state index in [9.17, 15) is 0 Å². The fourth-order valence-electron chi connectivity index (χ4n) is 6.75. The molecular weight excluding hydrogens is 601 g/mol. The van der Waals surface area contributed by atoms with Gasteiger partial charge >= 0.3 is 0 Å². The minimum Gasteiger partial charge on any atom is -0.0622 e. The van der Waals surface area contributed by atoms with Crippen LogP contribution in [0.2, 0.25) is 0 Å². The molecule has 0 saturated carbocycles. The smallest absolute Gasteiger partial charge is 0.00268 e. The second-order valence-corrected chi connectivity index (χ2v) is 12.5. The van der Waals surface area contributed by atoms with Crippen molar-refractivity contribution in [1.29, 1.82) is 0 Å². The first-order chi connectivity index (χ1) is 24.8. The normalized spacial score (nSPS) is 11.5. The van der Waals surface area contributed by atoms with Crippen molar-refractivity contribution in [3.8, 4) is 44.5 Å². The van der Waals surface area contributed by atoms with Crippen molar-refractivity contribution < 1.29 is 0 Å². The van der Waals surface area contributed by atoms with Gasteiger partial charge in [0.15, 0.2) is 0 Å². The summed E-state index contributed by atoms with van der Waals surface area (Å²) in [7, 11) is 0. The lowest BCUT2D eigenvalue weighted by Gasteiger charge is -2.19. The molecule has 8 aromatic carbocycles. The van der Waals surface area contributed by atoms with Crippen molar-refractivity contribution >= 4 is 11.1 Å². The lowest BCUT2D eigenvalue weighted by molar-refractivity contribution is 1.49. The number of hydrogen-bond donors (Lipinski definition) is 0. The van der Waals surface area contributed by atoms with Gasteiger partial charge in [0.05, 0.1) is 0 Å². The van der Waals surface area contributed by atoms with Crippen molar-refractivity contribution in [3.05, 3.63) is 241 Å². The standard InChI is InChI=1S/C50H36/c1-5-13-37(14-6-1)39-21-25-41(26-22-39)43-29-33-47(34-30-43)49(45-17-9-3-10-18-45)50(46-19-11-4-12-20-46)48-35-31-44(32-36-48)42-27-23-40(24-28-42)38-15-7-2-8-16-38/h1-36H/b50-49+. The summed E-state index contributed by atoms with van der Waals surface area (Å²) in [6.45, 7) is 0. The third kappa shape index (κ3) is 6.61. The molecule has 0 radical (unpaired) electrons. The predicted molar refractivity (Wildman–Crippen MR) is 213 cm³/mol. The summed E-state index contributed by atoms with van der Waals surface area (Å²) < 4.78 is 0. The van der Waals surface area contributed by atoms with Crippen LogP contribution in [0.1, 0.15) is 22.3 Å². The van der Waals surface area contributed by atoms with Gasteiger partial charge < -0.3 is 0 Å². The minimum atomic E-state index is 1.18. The molecule has 0 aromatic heterocycles. The molecule has 50 heavy (non-hydrogen) atoms. The molecule has 0 atom stereocenters. The van der Waals surface area contributed by atoms with E-state index in [2.05, 4.69) is 218 Å². The maximum absolute atomic E-state index is 2.27. The Morgan fingerprint density at radius 2 is 0.340 bits per heavy atom. The quantitative estimate of drug-likeness (QED) is 0.146. The van der Waals surface area contributed by atoms with Gasteiger partial charge in [0.1, 0.15) is 0 Å². The van der Waals surface area contributed by atoms with Crippen LogP contribution in [-0.2, 0) is 0 Å². The summed E-state index contributed by atoms with van der Waals surface area (Å²) in [6, 6.07) is 78.5. The molecule has 0 aliphatic carbocycles. The number of rotatable bonds is 8. The van der Waals surface area contributed by atoms with Gasteiger partial charge in [-0.15, -0.1) is 0 Å². The van der Waals surface area contributed by atoms with Crippen LogP contribution < -0.4 is 0 Å². The van der Waals surface area contributed by atoms with Crippen molar-refractivity contribution in [3.63, 3.8) is 0 Å². The van der Waals surface area contributed by atoms with Gasteiger partial charge in [-0.3, -0.25) is 0 Å². The van der Waals surface area contributed by atoms with E-state index in [4.69, 9.17) is 0 Å². The van der Waals surface area contributed by atoms with Crippen LogP contribution in [0.5, 0.6) is 0 Å². The zero-order valence-electron chi connectivity index (χ0n) is 27.8. The van der Waals surface area contributed by atoms with Crippen molar-refractivity contribution in [1.82, 2.24) is 0 Å². The van der Waals surface area contributed by atoms with Gasteiger partial charge in [-0.25, -0.2) is 0 Å². The van der Waals surface area contributed by atoms with E-state index in [1.54, 1.807) is 0 Å². The zero-order chi connectivity index (χ0) is 33.5. The summed E-state index contributed by atoms with van der Waals surface area (Å²) in [5, 5.41) is 0. The third-order valence-corrected chi connectivity index (χ3v) is 9.37. The lowest BCUT2D eigenvalue weighted by Crippen LogP contribution is -1.97. The van der Waals surface area contributed by atoms with Crippen molar-refractivity contribution in [2.75, 3.05) is 0 Å². The molecule has 0 heterocycles. The molecule has 0 aliphatic heterocycles. The molecule has 8 aromatic rings. The average Bonchev–Trinajstić information content (AvgIpc) is 3.21. The SMILES string of the molecule is c1ccc(/C(=C(/c2ccccc2)c2ccc(-c3ccc(-c4ccccc4)cc3)cc2)c2ccc(-c3ccc(-c4ccccc4)cc3)cc2)cc1. The van der Waals surface area contributed by atoms with Gasteiger partial charge in [0.25, 0.3) is 0 Å². The van der Waals surface area contributed by atoms with Crippen molar-refractivity contribution in [2.45, 2.75) is 0 Å². The third-order valence-electron chi connectivity index (χ3n) is 9.37. The van der Waals surface area contributed by atoms with Crippen LogP contribution in [0.4, 0.5) is 0 Å². The zero-order valence-corrected chi connectivity index (χ0v) is 27.8. The van der Waals surface area contributed by atoms with Crippen LogP contribution >= 0.6 is 0 Å². The summed E-state index contributed by atoms with van der Waals surface area (Å²) in [5.74, 6) is 0. The van der Waals surface area contributed by atoms with Crippen molar-refractivity contribution in [2.24, 2.45) is 0 Å². The molecule has 0 fully saturated rings. The Bertz CT molecular complexity index is 2140. The molecule has 236 valence electrons. The van der Waals surface area contributed by atoms with E-state index >= 15 is 0 Å². The summed E-state index contributed by atoms with van der Waals surface area (Å²) >= 11 is 0. The van der Waals surface area contributed by atoms with Crippen LogP contribution in [0.3, 0.4) is 0 Å².